The molecule has 2 aliphatic heterocycles. The van der Waals surface area contributed by atoms with Gasteiger partial charge < -0.3 is 4.98 Å². The zero-order valence-corrected chi connectivity index (χ0v) is 11.1. The van der Waals surface area contributed by atoms with Crippen LogP contribution in [0.1, 0.15) is 30.2 Å². The number of hydrogen-bond acceptors (Lipinski definition) is 4. The smallest absolute Gasteiger partial charge is 0.280 e. The summed E-state index contributed by atoms with van der Waals surface area (Å²) >= 11 is 0. The van der Waals surface area contributed by atoms with Gasteiger partial charge in [0, 0.05) is 7.05 Å². The minimum atomic E-state index is -0.0648. The summed E-state index contributed by atoms with van der Waals surface area (Å²) in [6, 6.07) is 0.221. The average molecular weight is 247 g/mol. The zero-order chi connectivity index (χ0) is 13.0. The van der Waals surface area contributed by atoms with Gasteiger partial charge in [-0.25, -0.2) is 9.98 Å². The first kappa shape index (κ1) is 11.3. The van der Waals surface area contributed by atoms with Crippen LogP contribution in [-0.2, 0) is 0 Å². The second kappa shape index (κ2) is 3.57. The number of H-pyrrole nitrogens is 1. The number of nitrogens with zero attached hydrogens (tertiary/aromatic N) is 4. The first-order chi connectivity index (χ1) is 8.49. The van der Waals surface area contributed by atoms with Crippen molar-refractivity contribution in [2.24, 2.45) is 10.9 Å². The molecule has 0 fully saturated rings. The van der Waals surface area contributed by atoms with Crippen LogP contribution < -0.4 is 4.90 Å². The van der Waals surface area contributed by atoms with Gasteiger partial charge in [-0.2, -0.15) is 0 Å². The number of amides is 1. The van der Waals surface area contributed by atoms with E-state index in [0.29, 0.717) is 11.6 Å². The Bertz CT molecular complexity index is 545. The van der Waals surface area contributed by atoms with Gasteiger partial charge in [-0.3, -0.25) is 14.6 Å². The summed E-state index contributed by atoms with van der Waals surface area (Å²) in [5, 5.41) is 0. The van der Waals surface area contributed by atoms with Gasteiger partial charge in [0.2, 0.25) is 5.96 Å². The van der Waals surface area contributed by atoms with Crippen LogP contribution in [0, 0.1) is 12.8 Å². The summed E-state index contributed by atoms with van der Waals surface area (Å²) in [6.45, 7) is 6.94. The Balaban J connectivity index is 2.09. The lowest BCUT2D eigenvalue weighted by atomic mass is 10.1. The van der Waals surface area contributed by atoms with Gasteiger partial charge in [-0.05, 0) is 12.8 Å². The minimum Gasteiger partial charge on any atom is -0.336 e. The number of rotatable bonds is 1. The normalized spacial score (nSPS) is 22.4. The molecule has 18 heavy (non-hydrogen) atoms. The number of nitrogens with one attached hydrogen (secondary N) is 1. The number of guanidine groups is 1. The number of fused-ring (bicyclic) bond motifs is 3. The quantitative estimate of drug-likeness (QED) is 0.805. The fourth-order valence-electron chi connectivity index (χ4n) is 2.42. The summed E-state index contributed by atoms with van der Waals surface area (Å²) in [6.07, 6.45) is 0. The second-order valence-corrected chi connectivity index (χ2v) is 5.24. The number of carbonyl (C=O) groups excluding carboxylic acids is 1. The van der Waals surface area contributed by atoms with Gasteiger partial charge in [-0.1, -0.05) is 13.8 Å². The maximum atomic E-state index is 12.2. The SMILES string of the molecule is Cc1nc2c([nH]1)C(=O)N(C)C1=N[C@@H](C(C)C)CN12. The molecule has 3 rings (SSSR count). The van der Waals surface area contributed by atoms with Crippen molar-refractivity contribution in [2.75, 3.05) is 18.5 Å². The Morgan fingerprint density at radius 3 is 2.83 bits per heavy atom. The molecule has 0 radical (unpaired) electrons. The number of carbonyl (C=O) groups is 1. The fraction of sp³-hybridized carbons (Fsp3) is 0.583. The molecule has 1 amide bonds. The number of imidazole rings is 1. The Morgan fingerprint density at radius 1 is 1.44 bits per heavy atom. The highest BCUT2D eigenvalue weighted by Crippen LogP contribution is 2.30. The highest BCUT2D eigenvalue weighted by molar-refractivity contribution is 6.17. The maximum Gasteiger partial charge on any atom is 0.280 e. The van der Waals surface area contributed by atoms with Gasteiger partial charge in [-0.15, -0.1) is 0 Å². The number of aliphatic imine (C=N–C) groups is 1. The molecule has 0 saturated carbocycles. The summed E-state index contributed by atoms with van der Waals surface area (Å²) < 4.78 is 0. The summed E-state index contributed by atoms with van der Waals surface area (Å²) in [5.41, 5.74) is 0.568. The molecule has 96 valence electrons. The van der Waals surface area contributed by atoms with Crippen LogP contribution in [0.4, 0.5) is 5.82 Å². The van der Waals surface area contributed by atoms with E-state index in [1.54, 1.807) is 11.9 Å². The molecule has 0 unspecified atom stereocenters. The highest BCUT2D eigenvalue weighted by Gasteiger charge is 2.41. The van der Waals surface area contributed by atoms with E-state index in [9.17, 15) is 4.79 Å². The second-order valence-electron chi connectivity index (χ2n) is 5.24. The van der Waals surface area contributed by atoms with Crippen molar-refractivity contribution in [1.82, 2.24) is 14.9 Å². The predicted octanol–water partition coefficient (Wildman–Crippen LogP) is 1.00. The van der Waals surface area contributed by atoms with Gasteiger partial charge in [0.1, 0.15) is 11.5 Å². The number of aryl methyl sites for hydroxylation is 1. The van der Waals surface area contributed by atoms with E-state index < -0.39 is 0 Å². The lowest BCUT2D eigenvalue weighted by Gasteiger charge is -2.30. The van der Waals surface area contributed by atoms with E-state index in [-0.39, 0.29) is 11.9 Å². The zero-order valence-electron chi connectivity index (χ0n) is 11.1. The van der Waals surface area contributed by atoms with Crippen LogP contribution in [0.25, 0.3) is 0 Å². The van der Waals surface area contributed by atoms with Crippen molar-refractivity contribution in [3.63, 3.8) is 0 Å². The van der Waals surface area contributed by atoms with E-state index in [2.05, 4.69) is 28.8 Å². The topological polar surface area (TPSA) is 64.6 Å². The molecular formula is C12H17N5O. The lowest BCUT2D eigenvalue weighted by molar-refractivity contribution is 0.0860. The molecule has 3 heterocycles. The monoisotopic (exact) mass is 247 g/mol. The van der Waals surface area contributed by atoms with Crippen LogP contribution >= 0.6 is 0 Å². The molecule has 6 heteroatoms. The fourth-order valence-corrected chi connectivity index (χ4v) is 2.42. The van der Waals surface area contributed by atoms with Gasteiger partial charge in [0.25, 0.3) is 5.91 Å². The Kier molecular flexibility index (Phi) is 2.23. The number of aromatic amines is 1. The Hall–Kier alpha value is -1.85. The Morgan fingerprint density at radius 2 is 2.17 bits per heavy atom. The van der Waals surface area contributed by atoms with Crippen molar-refractivity contribution >= 4 is 17.7 Å². The van der Waals surface area contributed by atoms with Crippen LogP contribution in [0.15, 0.2) is 4.99 Å². The molecule has 0 saturated heterocycles. The van der Waals surface area contributed by atoms with E-state index >= 15 is 0 Å². The largest absolute Gasteiger partial charge is 0.336 e. The summed E-state index contributed by atoms with van der Waals surface area (Å²) in [4.78, 5) is 27.9. The summed E-state index contributed by atoms with van der Waals surface area (Å²) in [7, 11) is 1.76. The molecule has 0 aliphatic carbocycles. The van der Waals surface area contributed by atoms with E-state index in [4.69, 9.17) is 0 Å². The van der Waals surface area contributed by atoms with Crippen LogP contribution in [0.2, 0.25) is 0 Å². The van der Waals surface area contributed by atoms with Crippen LogP contribution in [-0.4, -0.2) is 46.4 Å². The van der Waals surface area contributed by atoms with Crippen molar-refractivity contribution in [1.29, 1.82) is 0 Å². The number of anilines is 1. The molecule has 1 aromatic heterocycles. The van der Waals surface area contributed by atoms with Crippen molar-refractivity contribution in [3.05, 3.63) is 11.5 Å². The van der Waals surface area contributed by atoms with Crippen LogP contribution in [0.5, 0.6) is 0 Å². The number of aromatic nitrogens is 2. The Labute approximate surface area is 106 Å². The van der Waals surface area contributed by atoms with E-state index in [1.165, 1.54) is 0 Å². The first-order valence-electron chi connectivity index (χ1n) is 6.19. The third-order valence-electron chi connectivity index (χ3n) is 3.54. The molecule has 0 aromatic carbocycles. The molecule has 6 nitrogen and oxygen atoms in total. The van der Waals surface area contributed by atoms with E-state index in [0.717, 1.165) is 24.1 Å². The van der Waals surface area contributed by atoms with Crippen molar-refractivity contribution < 1.29 is 4.79 Å². The molecular weight excluding hydrogens is 230 g/mol. The van der Waals surface area contributed by atoms with Gasteiger partial charge in [0.05, 0.1) is 12.6 Å². The molecule has 1 aromatic rings. The molecule has 2 aliphatic rings. The van der Waals surface area contributed by atoms with Crippen molar-refractivity contribution in [2.45, 2.75) is 26.8 Å². The minimum absolute atomic E-state index is 0.0648. The van der Waals surface area contributed by atoms with E-state index in [1.807, 2.05) is 11.8 Å². The van der Waals surface area contributed by atoms with Crippen molar-refractivity contribution in [3.8, 4) is 0 Å². The first-order valence-corrected chi connectivity index (χ1v) is 6.19. The predicted molar refractivity (Wildman–Crippen MR) is 68.8 cm³/mol. The average Bonchev–Trinajstić information content (AvgIpc) is 2.89. The summed E-state index contributed by atoms with van der Waals surface area (Å²) in [5.74, 6) is 2.59. The highest BCUT2D eigenvalue weighted by atomic mass is 16.2. The standard InChI is InChI=1S/C12H17N5O/c1-6(2)8-5-17-10-9(13-7(3)14-10)11(18)16(4)12(17)15-8/h6,8H,5H2,1-4H3,(H,13,14)/t8-/m1/s1. The third-order valence-corrected chi connectivity index (χ3v) is 3.54. The molecule has 0 bridgehead atoms. The lowest BCUT2D eigenvalue weighted by Crippen LogP contribution is -2.48. The third kappa shape index (κ3) is 1.38. The molecule has 1 N–H and O–H groups in total. The number of hydrogen-bond donors (Lipinski definition) is 1. The maximum absolute atomic E-state index is 12.2. The van der Waals surface area contributed by atoms with Crippen LogP contribution in [0.3, 0.4) is 0 Å². The molecule has 1 atom stereocenters. The van der Waals surface area contributed by atoms with Gasteiger partial charge in [0.15, 0.2) is 5.82 Å². The van der Waals surface area contributed by atoms with Gasteiger partial charge >= 0.3 is 0 Å². The molecule has 0 spiro atoms.